The maximum atomic E-state index is 12.6. The summed E-state index contributed by atoms with van der Waals surface area (Å²) in [5.41, 5.74) is 3.24. The lowest BCUT2D eigenvalue weighted by molar-refractivity contribution is -0.129. The highest BCUT2D eigenvalue weighted by Crippen LogP contribution is 2.28. The van der Waals surface area contributed by atoms with Crippen LogP contribution in [0.25, 0.3) is 11.3 Å². The normalized spacial score (nSPS) is 14.2. The van der Waals surface area contributed by atoms with Crippen LogP contribution in [0.3, 0.4) is 0 Å². The third-order valence-electron chi connectivity index (χ3n) is 4.80. The zero-order chi connectivity index (χ0) is 20.2. The number of rotatable bonds is 5. The van der Waals surface area contributed by atoms with Gasteiger partial charge in [0.05, 0.1) is 17.7 Å². The Morgan fingerprint density at radius 3 is 2.52 bits per heavy atom. The minimum atomic E-state index is -0.122. The molecule has 0 atom stereocenters. The van der Waals surface area contributed by atoms with Gasteiger partial charge in [-0.1, -0.05) is 41.6 Å². The van der Waals surface area contributed by atoms with Gasteiger partial charge in [0.2, 0.25) is 5.91 Å². The van der Waals surface area contributed by atoms with E-state index in [9.17, 15) is 9.59 Å². The molecule has 1 aliphatic heterocycles. The number of hydrogen-bond donors (Lipinski definition) is 0. The number of amides is 2. The second kappa shape index (κ2) is 8.84. The average Bonchev–Trinajstić information content (AvgIpc) is 3.44. The van der Waals surface area contributed by atoms with Crippen LogP contribution in [0.4, 0.5) is 0 Å². The van der Waals surface area contributed by atoms with Gasteiger partial charge in [-0.15, -0.1) is 11.3 Å². The van der Waals surface area contributed by atoms with E-state index in [4.69, 9.17) is 4.42 Å². The lowest BCUT2D eigenvalue weighted by Gasteiger charge is -2.34. The number of thiazole rings is 1. The van der Waals surface area contributed by atoms with Crippen molar-refractivity contribution in [3.63, 3.8) is 0 Å². The first-order valence-electron chi connectivity index (χ1n) is 9.36. The Bertz CT molecular complexity index is 975. The van der Waals surface area contributed by atoms with Crippen LogP contribution in [-0.4, -0.2) is 58.5 Å². The summed E-state index contributed by atoms with van der Waals surface area (Å²) in [5.74, 6) is 0.649. The molecule has 1 fully saturated rings. The molecule has 3 aromatic rings. The molecule has 0 unspecified atom stereocenters. The Morgan fingerprint density at radius 1 is 1.10 bits per heavy atom. The van der Waals surface area contributed by atoms with Crippen molar-refractivity contribution in [1.29, 1.82) is 0 Å². The van der Waals surface area contributed by atoms with Crippen molar-refractivity contribution in [2.75, 3.05) is 31.9 Å². The molecule has 0 aliphatic carbocycles. The van der Waals surface area contributed by atoms with Crippen molar-refractivity contribution in [3.8, 4) is 11.3 Å². The highest BCUT2D eigenvalue weighted by Gasteiger charge is 2.26. The molecule has 2 aromatic heterocycles. The first-order valence-corrected chi connectivity index (χ1v) is 11.2. The fourth-order valence-electron chi connectivity index (χ4n) is 3.11. The first-order chi connectivity index (χ1) is 14.1. The lowest BCUT2D eigenvalue weighted by atomic mass is 10.1. The highest BCUT2D eigenvalue weighted by atomic mass is 32.2. The molecular weight excluding hydrogens is 406 g/mol. The van der Waals surface area contributed by atoms with Gasteiger partial charge in [-0.05, 0) is 19.1 Å². The zero-order valence-electron chi connectivity index (χ0n) is 16.0. The molecule has 1 aliphatic rings. The Balaban J connectivity index is 1.26. The van der Waals surface area contributed by atoms with Crippen LogP contribution in [0.2, 0.25) is 0 Å². The van der Waals surface area contributed by atoms with E-state index >= 15 is 0 Å². The number of thioether (sulfide) groups is 1. The number of aromatic nitrogens is 1. The van der Waals surface area contributed by atoms with Crippen LogP contribution in [0, 0.1) is 6.92 Å². The van der Waals surface area contributed by atoms with Crippen molar-refractivity contribution in [3.05, 3.63) is 59.4 Å². The van der Waals surface area contributed by atoms with Crippen LogP contribution < -0.4 is 0 Å². The topological polar surface area (TPSA) is 66.7 Å². The summed E-state index contributed by atoms with van der Waals surface area (Å²) >= 11 is 3.02. The molecule has 0 bridgehead atoms. The van der Waals surface area contributed by atoms with Crippen LogP contribution in [-0.2, 0) is 4.79 Å². The molecule has 0 N–H and O–H groups in total. The number of hydrogen-bond acceptors (Lipinski definition) is 6. The van der Waals surface area contributed by atoms with Gasteiger partial charge in [-0.25, -0.2) is 4.98 Å². The van der Waals surface area contributed by atoms with Crippen molar-refractivity contribution in [1.82, 2.24) is 14.8 Å². The minimum Gasteiger partial charge on any atom is -0.459 e. The van der Waals surface area contributed by atoms with E-state index in [0.29, 0.717) is 37.7 Å². The summed E-state index contributed by atoms with van der Waals surface area (Å²) in [6.45, 7) is 4.18. The second-order valence-electron chi connectivity index (χ2n) is 6.80. The molecule has 2 amide bonds. The largest absolute Gasteiger partial charge is 0.459 e. The first kappa shape index (κ1) is 19.7. The maximum absolute atomic E-state index is 12.6. The quantitative estimate of drug-likeness (QED) is 0.580. The monoisotopic (exact) mass is 427 g/mol. The molecule has 0 saturated carbocycles. The van der Waals surface area contributed by atoms with E-state index < -0.39 is 0 Å². The summed E-state index contributed by atoms with van der Waals surface area (Å²) in [4.78, 5) is 33.0. The van der Waals surface area contributed by atoms with Crippen LogP contribution >= 0.6 is 23.1 Å². The molecule has 1 saturated heterocycles. The molecule has 150 valence electrons. The van der Waals surface area contributed by atoms with Gasteiger partial charge < -0.3 is 14.2 Å². The number of carbonyl (C=O) groups excluding carboxylic acids is 2. The molecular formula is C21H21N3O3S2. The number of aryl methyl sites for hydroxylation is 1. The summed E-state index contributed by atoms with van der Waals surface area (Å²) in [6.07, 6.45) is 1.49. The van der Waals surface area contributed by atoms with Gasteiger partial charge in [0.15, 0.2) is 10.1 Å². The number of carbonyl (C=O) groups is 2. The number of benzene rings is 1. The minimum absolute atomic E-state index is 0.0761. The molecule has 6 nitrogen and oxygen atoms in total. The molecule has 8 heteroatoms. The van der Waals surface area contributed by atoms with Crippen molar-refractivity contribution < 1.29 is 14.0 Å². The fourth-order valence-corrected chi connectivity index (χ4v) is 4.85. The van der Waals surface area contributed by atoms with Crippen molar-refractivity contribution in [2.24, 2.45) is 0 Å². The predicted octanol–water partition coefficient (Wildman–Crippen LogP) is 3.79. The standard InChI is InChI=1S/C21H21N3O3S2/c1-15-4-6-16(7-5-15)17-13-28-21(22-17)29-14-19(25)23-8-10-24(11-9-23)20(26)18-3-2-12-27-18/h2-7,12-13H,8-11,14H2,1H3. The average molecular weight is 428 g/mol. The lowest BCUT2D eigenvalue weighted by Crippen LogP contribution is -2.51. The molecule has 4 rings (SSSR count). The van der Waals surface area contributed by atoms with E-state index in [1.54, 1.807) is 28.4 Å². The third-order valence-corrected chi connectivity index (χ3v) is 6.81. The van der Waals surface area contributed by atoms with Crippen LogP contribution in [0.1, 0.15) is 16.1 Å². The van der Waals surface area contributed by atoms with E-state index in [0.717, 1.165) is 15.6 Å². The zero-order valence-corrected chi connectivity index (χ0v) is 17.7. The number of furan rings is 1. The second-order valence-corrected chi connectivity index (χ2v) is 8.88. The molecule has 0 spiro atoms. The summed E-state index contributed by atoms with van der Waals surface area (Å²) in [6, 6.07) is 11.6. The predicted molar refractivity (Wildman–Crippen MR) is 114 cm³/mol. The van der Waals surface area contributed by atoms with Gasteiger partial charge in [0.25, 0.3) is 5.91 Å². The number of nitrogens with zero attached hydrogens (tertiary/aromatic N) is 3. The van der Waals surface area contributed by atoms with Crippen LogP contribution in [0.5, 0.6) is 0 Å². The van der Waals surface area contributed by atoms with E-state index in [2.05, 4.69) is 36.2 Å². The van der Waals surface area contributed by atoms with Gasteiger partial charge >= 0.3 is 0 Å². The van der Waals surface area contributed by atoms with Gasteiger partial charge in [-0.3, -0.25) is 9.59 Å². The van der Waals surface area contributed by atoms with Gasteiger partial charge in [-0.2, -0.15) is 0 Å². The highest BCUT2D eigenvalue weighted by molar-refractivity contribution is 8.01. The van der Waals surface area contributed by atoms with E-state index in [1.165, 1.54) is 23.6 Å². The Hall–Kier alpha value is -2.58. The molecule has 3 heterocycles. The summed E-state index contributed by atoms with van der Waals surface area (Å²) in [5, 5.41) is 2.02. The summed E-state index contributed by atoms with van der Waals surface area (Å²) < 4.78 is 6.06. The summed E-state index contributed by atoms with van der Waals surface area (Å²) in [7, 11) is 0. The van der Waals surface area contributed by atoms with Gasteiger partial charge in [0.1, 0.15) is 0 Å². The van der Waals surface area contributed by atoms with E-state index in [1.807, 2.05) is 10.3 Å². The van der Waals surface area contributed by atoms with Gasteiger partial charge in [0, 0.05) is 37.1 Å². The Kier molecular flexibility index (Phi) is 6.01. The van der Waals surface area contributed by atoms with Crippen molar-refractivity contribution >= 4 is 34.9 Å². The van der Waals surface area contributed by atoms with E-state index in [-0.39, 0.29) is 11.8 Å². The molecule has 0 radical (unpaired) electrons. The van der Waals surface area contributed by atoms with Crippen LogP contribution in [0.15, 0.2) is 56.8 Å². The Labute approximate surface area is 177 Å². The third kappa shape index (κ3) is 4.71. The number of piperazine rings is 1. The SMILES string of the molecule is Cc1ccc(-c2csc(SCC(=O)N3CCN(C(=O)c4ccco4)CC3)n2)cc1. The van der Waals surface area contributed by atoms with Crippen molar-refractivity contribution in [2.45, 2.75) is 11.3 Å². The maximum Gasteiger partial charge on any atom is 0.289 e. The molecule has 1 aromatic carbocycles. The smallest absolute Gasteiger partial charge is 0.289 e. The molecule has 29 heavy (non-hydrogen) atoms. The fraction of sp³-hybridized carbons (Fsp3) is 0.286. The Morgan fingerprint density at radius 2 is 1.83 bits per heavy atom.